The third kappa shape index (κ3) is 6.20. The van der Waals surface area contributed by atoms with Crippen LogP contribution < -0.4 is 10.0 Å². The topological polar surface area (TPSA) is 88.2 Å². The van der Waals surface area contributed by atoms with Crippen molar-refractivity contribution in [3.8, 4) is 0 Å². The number of hydrogen-bond donors (Lipinski definition) is 2. The second-order valence-corrected chi connectivity index (χ2v) is 6.37. The molecule has 0 aromatic carbocycles. The van der Waals surface area contributed by atoms with Gasteiger partial charge in [-0.25, -0.2) is 18.1 Å². The summed E-state index contributed by atoms with van der Waals surface area (Å²) in [4.78, 5) is 15.4. The number of carbonyl (C=O) groups excluding carboxylic acids is 1. The summed E-state index contributed by atoms with van der Waals surface area (Å²) in [5, 5.41) is 2.95. The maximum Gasteiger partial charge on any atom is 0.252 e. The highest BCUT2D eigenvalue weighted by atomic mass is 35.5. The molecule has 2 N–H and O–H groups in total. The minimum Gasteiger partial charge on any atom is -0.352 e. The minimum absolute atomic E-state index is 0.135. The Labute approximate surface area is 121 Å². The molecule has 1 heterocycles. The van der Waals surface area contributed by atoms with Crippen LogP contribution >= 0.6 is 23.2 Å². The molecule has 0 spiro atoms. The van der Waals surface area contributed by atoms with Gasteiger partial charge >= 0.3 is 0 Å². The average Bonchev–Trinajstić information content (AvgIpc) is 2.30. The Hall–Kier alpha value is -0.890. The van der Waals surface area contributed by atoms with Gasteiger partial charge in [0.15, 0.2) is 0 Å². The van der Waals surface area contributed by atoms with E-state index in [0.717, 1.165) is 6.26 Å². The molecular weight excluding hydrogens is 313 g/mol. The van der Waals surface area contributed by atoms with Crippen molar-refractivity contribution in [3.05, 3.63) is 28.0 Å². The van der Waals surface area contributed by atoms with Crippen molar-refractivity contribution < 1.29 is 13.2 Å². The van der Waals surface area contributed by atoms with Crippen LogP contribution in [0.2, 0.25) is 10.2 Å². The van der Waals surface area contributed by atoms with Crippen LogP contribution in [0.25, 0.3) is 0 Å². The third-order valence-electron chi connectivity index (χ3n) is 2.06. The van der Waals surface area contributed by atoms with Crippen molar-refractivity contribution in [1.29, 1.82) is 0 Å². The quantitative estimate of drug-likeness (QED) is 0.604. The largest absolute Gasteiger partial charge is 0.352 e. The molecule has 0 saturated heterocycles. The predicted molar refractivity (Wildman–Crippen MR) is 74.1 cm³/mol. The number of nitrogens with one attached hydrogen (secondary N) is 2. The SMILES string of the molecule is CS(=O)(=O)NCCCNC(=O)c1cnc(Cl)c(Cl)c1. The van der Waals surface area contributed by atoms with E-state index in [1.807, 2.05) is 0 Å². The van der Waals surface area contributed by atoms with E-state index in [1.165, 1.54) is 12.3 Å². The lowest BCUT2D eigenvalue weighted by molar-refractivity contribution is 0.0953. The second kappa shape index (κ2) is 7.04. The molecule has 6 nitrogen and oxygen atoms in total. The molecule has 9 heteroatoms. The van der Waals surface area contributed by atoms with Crippen molar-refractivity contribution in [1.82, 2.24) is 15.0 Å². The van der Waals surface area contributed by atoms with Gasteiger partial charge in [0.2, 0.25) is 10.0 Å². The third-order valence-corrected chi connectivity index (χ3v) is 3.48. The van der Waals surface area contributed by atoms with Crippen LogP contribution in [-0.4, -0.2) is 38.7 Å². The molecule has 1 aromatic heterocycles. The molecule has 1 rings (SSSR count). The van der Waals surface area contributed by atoms with Gasteiger partial charge in [-0.05, 0) is 12.5 Å². The monoisotopic (exact) mass is 325 g/mol. The molecule has 0 aliphatic heterocycles. The molecule has 0 aliphatic carbocycles. The number of sulfonamides is 1. The van der Waals surface area contributed by atoms with Crippen molar-refractivity contribution in [2.45, 2.75) is 6.42 Å². The van der Waals surface area contributed by atoms with Gasteiger partial charge in [0.25, 0.3) is 5.91 Å². The Morgan fingerprint density at radius 2 is 2.05 bits per heavy atom. The number of pyridine rings is 1. The summed E-state index contributed by atoms with van der Waals surface area (Å²) < 4.78 is 23.9. The number of rotatable bonds is 6. The lowest BCUT2D eigenvalue weighted by atomic mass is 10.2. The first-order valence-corrected chi connectivity index (χ1v) is 7.98. The van der Waals surface area contributed by atoms with Gasteiger partial charge < -0.3 is 5.32 Å². The van der Waals surface area contributed by atoms with Crippen molar-refractivity contribution in [3.63, 3.8) is 0 Å². The predicted octanol–water partition coefficient (Wildman–Crippen LogP) is 1.06. The fourth-order valence-electron chi connectivity index (χ4n) is 1.20. The van der Waals surface area contributed by atoms with Crippen LogP contribution in [-0.2, 0) is 10.0 Å². The molecule has 0 bridgehead atoms. The number of nitrogens with zero attached hydrogens (tertiary/aromatic N) is 1. The fraction of sp³-hybridized carbons (Fsp3) is 0.400. The molecule has 1 amide bonds. The zero-order chi connectivity index (χ0) is 14.5. The first kappa shape index (κ1) is 16.2. The van der Waals surface area contributed by atoms with E-state index < -0.39 is 10.0 Å². The molecular formula is C10H13Cl2N3O3S. The van der Waals surface area contributed by atoms with Gasteiger partial charge in [0, 0.05) is 19.3 Å². The van der Waals surface area contributed by atoms with E-state index in [9.17, 15) is 13.2 Å². The zero-order valence-corrected chi connectivity index (χ0v) is 12.4. The molecule has 0 fully saturated rings. The molecule has 1 aromatic rings. The first-order valence-electron chi connectivity index (χ1n) is 5.33. The van der Waals surface area contributed by atoms with Crippen LogP contribution in [0, 0.1) is 0 Å². The molecule has 106 valence electrons. The second-order valence-electron chi connectivity index (χ2n) is 3.77. The maximum absolute atomic E-state index is 11.7. The Morgan fingerprint density at radius 3 is 2.63 bits per heavy atom. The summed E-state index contributed by atoms with van der Waals surface area (Å²) in [7, 11) is -3.19. The molecule has 0 unspecified atom stereocenters. The summed E-state index contributed by atoms with van der Waals surface area (Å²) in [6.45, 7) is 0.598. The van der Waals surface area contributed by atoms with Gasteiger partial charge in [-0.3, -0.25) is 4.79 Å². The average molecular weight is 326 g/mol. The summed E-state index contributed by atoms with van der Waals surface area (Å²) in [6, 6.07) is 1.42. The molecule has 0 atom stereocenters. The molecule has 19 heavy (non-hydrogen) atoms. The van der Waals surface area contributed by atoms with E-state index in [4.69, 9.17) is 23.2 Å². The summed E-state index contributed by atoms with van der Waals surface area (Å²) >= 11 is 11.4. The first-order chi connectivity index (χ1) is 8.79. The highest BCUT2D eigenvalue weighted by molar-refractivity contribution is 7.88. The van der Waals surface area contributed by atoms with E-state index in [1.54, 1.807) is 0 Å². The van der Waals surface area contributed by atoms with Crippen LogP contribution in [0.3, 0.4) is 0 Å². The summed E-state index contributed by atoms with van der Waals surface area (Å²) in [5.74, 6) is -0.342. The van der Waals surface area contributed by atoms with Gasteiger partial charge in [0.1, 0.15) is 5.15 Å². The normalized spacial score (nSPS) is 11.3. The van der Waals surface area contributed by atoms with Crippen molar-refractivity contribution >= 4 is 39.1 Å². The lowest BCUT2D eigenvalue weighted by Crippen LogP contribution is -2.29. The van der Waals surface area contributed by atoms with E-state index in [2.05, 4.69) is 15.0 Å². The molecule has 0 radical (unpaired) electrons. The van der Waals surface area contributed by atoms with Gasteiger partial charge in [-0.1, -0.05) is 23.2 Å². The van der Waals surface area contributed by atoms with E-state index in [-0.39, 0.29) is 22.6 Å². The van der Waals surface area contributed by atoms with Gasteiger partial charge in [0.05, 0.1) is 16.8 Å². The fourth-order valence-corrected chi connectivity index (χ4v) is 1.98. The number of hydrogen-bond acceptors (Lipinski definition) is 4. The Morgan fingerprint density at radius 1 is 1.37 bits per heavy atom. The van der Waals surface area contributed by atoms with Crippen LogP contribution in [0.5, 0.6) is 0 Å². The smallest absolute Gasteiger partial charge is 0.252 e. The Bertz CT molecular complexity index is 563. The van der Waals surface area contributed by atoms with E-state index >= 15 is 0 Å². The Balaban J connectivity index is 2.37. The summed E-state index contributed by atoms with van der Waals surface area (Å²) in [5.41, 5.74) is 0.297. The lowest BCUT2D eigenvalue weighted by Gasteiger charge is -2.06. The van der Waals surface area contributed by atoms with Gasteiger partial charge in [-0.15, -0.1) is 0 Å². The van der Waals surface area contributed by atoms with Crippen LogP contribution in [0.15, 0.2) is 12.3 Å². The van der Waals surface area contributed by atoms with Crippen molar-refractivity contribution in [2.75, 3.05) is 19.3 Å². The number of halogens is 2. The van der Waals surface area contributed by atoms with E-state index in [0.29, 0.717) is 18.5 Å². The number of carbonyl (C=O) groups is 1. The standard InChI is InChI=1S/C10H13Cl2N3O3S/c1-19(17,18)15-4-2-3-13-10(16)7-5-8(11)9(12)14-6-7/h5-6,15H,2-4H2,1H3,(H,13,16). The minimum atomic E-state index is -3.19. The molecule has 0 saturated carbocycles. The Kier molecular flexibility index (Phi) is 5.99. The van der Waals surface area contributed by atoms with Crippen molar-refractivity contribution in [2.24, 2.45) is 0 Å². The molecule has 0 aliphatic rings. The summed E-state index contributed by atoms with van der Waals surface area (Å²) in [6.07, 6.45) is 2.87. The van der Waals surface area contributed by atoms with Gasteiger partial charge in [-0.2, -0.15) is 0 Å². The highest BCUT2D eigenvalue weighted by Gasteiger charge is 2.08. The number of amides is 1. The highest BCUT2D eigenvalue weighted by Crippen LogP contribution is 2.19. The van der Waals surface area contributed by atoms with Crippen LogP contribution in [0.4, 0.5) is 0 Å². The van der Waals surface area contributed by atoms with Crippen LogP contribution in [0.1, 0.15) is 16.8 Å². The zero-order valence-electron chi connectivity index (χ0n) is 10.1. The maximum atomic E-state index is 11.7. The number of aromatic nitrogens is 1.